The van der Waals surface area contributed by atoms with Gasteiger partial charge in [0, 0.05) is 58.8 Å². The van der Waals surface area contributed by atoms with Gasteiger partial charge in [-0.25, -0.2) is 8.42 Å². The molecule has 2 aliphatic heterocycles. The summed E-state index contributed by atoms with van der Waals surface area (Å²) >= 11 is 0. The largest absolute Gasteiger partial charge is 0.379 e. The molecule has 0 bridgehead atoms. The third kappa shape index (κ3) is 6.75. The van der Waals surface area contributed by atoms with Crippen LogP contribution >= 0.6 is 0 Å². The maximum Gasteiger partial charge on any atom is 0.243 e. The number of nitrogens with zero attached hydrogens (tertiary/aromatic N) is 4. The second-order valence-corrected chi connectivity index (χ2v) is 10.3. The van der Waals surface area contributed by atoms with E-state index in [1.165, 1.54) is 4.31 Å². The number of piperazine rings is 1. The zero-order valence-electron chi connectivity index (χ0n) is 19.7. The molecule has 9 nitrogen and oxygen atoms in total. The molecule has 184 valence electrons. The van der Waals surface area contributed by atoms with Crippen LogP contribution in [0.15, 0.2) is 29.2 Å². The molecule has 0 atom stereocenters. The molecule has 0 aliphatic carbocycles. The second-order valence-electron chi connectivity index (χ2n) is 8.38. The van der Waals surface area contributed by atoms with Gasteiger partial charge in [-0.05, 0) is 38.0 Å². The highest BCUT2D eigenvalue weighted by Crippen LogP contribution is 2.18. The van der Waals surface area contributed by atoms with Gasteiger partial charge in [0.2, 0.25) is 21.8 Å². The van der Waals surface area contributed by atoms with E-state index < -0.39 is 10.0 Å². The number of carbonyl (C=O) groups is 2. The van der Waals surface area contributed by atoms with E-state index in [1.54, 1.807) is 24.3 Å². The summed E-state index contributed by atoms with van der Waals surface area (Å²) in [5.41, 5.74) is 0.938. The van der Waals surface area contributed by atoms with Crippen LogP contribution in [0.5, 0.6) is 0 Å². The van der Waals surface area contributed by atoms with Crippen LogP contribution in [-0.4, -0.2) is 111 Å². The fraction of sp³-hybridized carbons (Fsp3) is 0.652. The summed E-state index contributed by atoms with van der Waals surface area (Å²) in [5.74, 6) is 0.230. The van der Waals surface area contributed by atoms with Crippen LogP contribution in [-0.2, 0) is 30.8 Å². The average Bonchev–Trinajstić information content (AvgIpc) is 2.84. The van der Waals surface area contributed by atoms with E-state index in [4.69, 9.17) is 4.74 Å². The predicted octanol–water partition coefficient (Wildman–Crippen LogP) is 0.653. The van der Waals surface area contributed by atoms with Gasteiger partial charge in [0.15, 0.2) is 0 Å². The SMILES string of the molecule is CCN(CC)C(=O)CN1CCN(C(=O)CCc2ccc(S(=O)(=O)N3CCOCC3)cc2)CC1. The summed E-state index contributed by atoms with van der Waals surface area (Å²) in [4.78, 5) is 31.0. The lowest BCUT2D eigenvalue weighted by Crippen LogP contribution is -2.51. The minimum absolute atomic E-state index is 0.0923. The molecule has 2 aliphatic rings. The van der Waals surface area contributed by atoms with E-state index in [1.807, 2.05) is 23.6 Å². The molecular weight excluding hydrogens is 444 g/mol. The van der Waals surface area contributed by atoms with Gasteiger partial charge in [0.1, 0.15) is 0 Å². The second kappa shape index (κ2) is 11.9. The smallest absolute Gasteiger partial charge is 0.243 e. The number of morpholine rings is 1. The number of likely N-dealkylation sites (N-methyl/N-ethyl adjacent to an activating group) is 1. The van der Waals surface area contributed by atoms with Gasteiger partial charge >= 0.3 is 0 Å². The van der Waals surface area contributed by atoms with Crippen molar-refractivity contribution in [3.05, 3.63) is 29.8 Å². The lowest BCUT2D eigenvalue weighted by Gasteiger charge is -2.35. The summed E-state index contributed by atoms with van der Waals surface area (Å²) in [6, 6.07) is 6.82. The molecule has 0 spiro atoms. The van der Waals surface area contributed by atoms with E-state index in [0.29, 0.717) is 85.0 Å². The first-order valence-electron chi connectivity index (χ1n) is 11.8. The Balaban J connectivity index is 1.44. The van der Waals surface area contributed by atoms with Gasteiger partial charge in [0.05, 0.1) is 24.7 Å². The minimum atomic E-state index is -3.50. The minimum Gasteiger partial charge on any atom is -0.379 e. The number of carbonyl (C=O) groups excluding carboxylic acids is 2. The fourth-order valence-electron chi connectivity index (χ4n) is 4.20. The first-order chi connectivity index (χ1) is 15.8. The highest BCUT2D eigenvalue weighted by molar-refractivity contribution is 7.89. The Labute approximate surface area is 197 Å². The number of hydrogen-bond donors (Lipinski definition) is 0. The lowest BCUT2D eigenvalue weighted by atomic mass is 10.1. The molecule has 0 N–H and O–H groups in total. The molecule has 0 radical (unpaired) electrons. The van der Waals surface area contributed by atoms with Gasteiger partial charge in [-0.3, -0.25) is 14.5 Å². The molecule has 2 heterocycles. The van der Waals surface area contributed by atoms with Crippen molar-refractivity contribution in [1.29, 1.82) is 0 Å². The molecule has 0 saturated carbocycles. The summed E-state index contributed by atoms with van der Waals surface area (Å²) in [7, 11) is -3.50. The van der Waals surface area contributed by atoms with Gasteiger partial charge in [-0.1, -0.05) is 12.1 Å². The van der Waals surface area contributed by atoms with Crippen LogP contribution in [0.3, 0.4) is 0 Å². The third-order valence-corrected chi connectivity index (χ3v) is 8.27. The maximum absolute atomic E-state index is 12.7. The Morgan fingerprint density at radius 3 is 2.12 bits per heavy atom. The molecule has 1 aromatic carbocycles. The van der Waals surface area contributed by atoms with Crippen molar-refractivity contribution < 1.29 is 22.7 Å². The normalized spacial score (nSPS) is 18.3. The van der Waals surface area contributed by atoms with Crippen molar-refractivity contribution in [1.82, 2.24) is 19.0 Å². The standard InChI is InChI=1S/C23H36N4O5S/c1-3-25(4-2)23(29)19-24-11-13-26(14-12-24)22(28)10-7-20-5-8-21(9-6-20)33(30,31)27-15-17-32-18-16-27/h5-6,8-9H,3-4,7,10-19H2,1-2H3. The molecule has 3 rings (SSSR count). The van der Waals surface area contributed by atoms with E-state index in [0.717, 1.165) is 5.56 Å². The molecule has 10 heteroatoms. The van der Waals surface area contributed by atoms with Crippen LogP contribution < -0.4 is 0 Å². The molecular formula is C23H36N4O5S. The molecule has 33 heavy (non-hydrogen) atoms. The quantitative estimate of drug-likeness (QED) is 0.516. The first kappa shape index (κ1) is 25.6. The van der Waals surface area contributed by atoms with Crippen molar-refractivity contribution in [2.24, 2.45) is 0 Å². The Bertz CT molecular complexity index is 888. The van der Waals surface area contributed by atoms with Gasteiger partial charge in [-0.15, -0.1) is 0 Å². The predicted molar refractivity (Wildman–Crippen MR) is 125 cm³/mol. The molecule has 1 aromatic rings. The Hall–Kier alpha value is -2.01. The molecule has 0 unspecified atom stereocenters. The number of benzene rings is 1. The Kier molecular flexibility index (Phi) is 9.25. The van der Waals surface area contributed by atoms with E-state index >= 15 is 0 Å². The number of hydrogen-bond acceptors (Lipinski definition) is 6. The molecule has 2 saturated heterocycles. The molecule has 0 aromatic heterocycles. The summed E-state index contributed by atoms with van der Waals surface area (Å²) in [5, 5.41) is 0. The van der Waals surface area contributed by atoms with E-state index in [-0.39, 0.29) is 16.7 Å². The lowest BCUT2D eigenvalue weighted by molar-refractivity contribution is -0.135. The monoisotopic (exact) mass is 480 g/mol. The number of sulfonamides is 1. The van der Waals surface area contributed by atoms with Crippen LogP contribution in [0.4, 0.5) is 0 Å². The summed E-state index contributed by atoms with van der Waals surface area (Å²) in [6.45, 7) is 10.0. The fourth-order valence-corrected chi connectivity index (χ4v) is 5.60. The Morgan fingerprint density at radius 1 is 0.939 bits per heavy atom. The van der Waals surface area contributed by atoms with Gasteiger partial charge in [0.25, 0.3) is 0 Å². The zero-order chi connectivity index (χ0) is 23.8. The van der Waals surface area contributed by atoms with Crippen LogP contribution in [0.2, 0.25) is 0 Å². The highest BCUT2D eigenvalue weighted by Gasteiger charge is 2.26. The third-order valence-electron chi connectivity index (χ3n) is 6.36. The number of amides is 2. The molecule has 2 fully saturated rings. The summed E-state index contributed by atoms with van der Waals surface area (Å²) < 4.78 is 32.1. The number of ether oxygens (including phenoxy) is 1. The number of aryl methyl sites for hydroxylation is 1. The highest BCUT2D eigenvalue weighted by atomic mass is 32.2. The van der Waals surface area contributed by atoms with Crippen molar-refractivity contribution in [2.45, 2.75) is 31.6 Å². The zero-order valence-corrected chi connectivity index (χ0v) is 20.6. The van der Waals surface area contributed by atoms with Gasteiger partial charge in [-0.2, -0.15) is 4.31 Å². The van der Waals surface area contributed by atoms with E-state index in [2.05, 4.69) is 4.90 Å². The van der Waals surface area contributed by atoms with Crippen molar-refractivity contribution in [3.8, 4) is 0 Å². The summed E-state index contributed by atoms with van der Waals surface area (Å²) in [6.07, 6.45) is 0.950. The number of rotatable bonds is 9. The first-order valence-corrected chi connectivity index (χ1v) is 13.2. The van der Waals surface area contributed by atoms with Crippen LogP contribution in [0.1, 0.15) is 25.8 Å². The maximum atomic E-state index is 12.7. The average molecular weight is 481 g/mol. The Morgan fingerprint density at radius 2 is 1.55 bits per heavy atom. The van der Waals surface area contributed by atoms with Crippen LogP contribution in [0, 0.1) is 0 Å². The van der Waals surface area contributed by atoms with Gasteiger partial charge < -0.3 is 14.5 Å². The van der Waals surface area contributed by atoms with Crippen molar-refractivity contribution in [3.63, 3.8) is 0 Å². The van der Waals surface area contributed by atoms with E-state index in [9.17, 15) is 18.0 Å². The van der Waals surface area contributed by atoms with Crippen LogP contribution in [0.25, 0.3) is 0 Å². The van der Waals surface area contributed by atoms with Crippen molar-refractivity contribution in [2.75, 3.05) is 72.1 Å². The molecule has 2 amide bonds. The van der Waals surface area contributed by atoms with Crippen molar-refractivity contribution >= 4 is 21.8 Å². The topological polar surface area (TPSA) is 90.5 Å².